The second-order valence-electron chi connectivity index (χ2n) is 3.97. The molecule has 0 aliphatic rings. The molecular formula is C12H20N4O2. The fraction of sp³-hybridized carbons (Fsp3) is 0.500. The molecule has 4 N–H and O–H groups in total. The molecule has 0 aliphatic carbocycles. The van der Waals surface area contributed by atoms with E-state index in [1.807, 2.05) is 6.92 Å². The Hall–Kier alpha value is -1.66. The normalized spacial score (nSPS) is 10.2. The van der Waals surface area contributed by atoms with Gasteiger partial charge in [-0.3, -0.25) is 15.6 Å². The third-order valence-corrected chi connectivity index (χ3v) is 2.50. The topological polar surface area (TPSA) is 89.3 Å². The van der Waals surface area contributed by atoms with Crippen LogP contribution in [-0.4, -0.2) is 31.2 Å². The van der Waals surface area contributed by atoms with Crippen molar-refractivity contribution < 1.29 is 9.53 Å². The van der Waals surface area contributed by atoms with E-state index >= 15 is 0 Å². The van der Waals surface area contributed by atoms with Crippen molar-refractivity contribution in [1.29, 1.82) is 0 Å². The molecule has 0 saturated heterocycles. The second kappa shape index (κ2) is 7.62. The fourth-order valence-electron chi connectivity index (χ4n) is 1.53. The molecule has 100 valence electrons. The molecule has 0 unspecified atom stereocenters. The first-order valence-corrected chi connectivity index (χ1v) is 5.89. The summed E-state index contributed by atoms with van der Waals surface area (Å²) in [7, 11) is 1.66. The Labute approximate surface area is 107 Å². The number of hydrogen-bond donors (Lipinski definition) is 3. The van der Waals surface area contributed by atoms with Gasteiger partial charge in [0.15, 0.2) is 0 Å². The van der Waals surface area contributed by atoms with Crippen molar-refractivity contribution in [1.82, 2.24) is 10.3 Å². The average molecular weight is 252 g/mol. The van der Waals surface area contributed by atoms with Gasteiger partial charge in [-0.2, -0.15) is 0 Å². The van der Waals surface area contributed by atoms with Crippen LogP contribution in [0.3, 0.4) is 0 Å². The van der Waals surface area contributed by atoms with Crippen molar-refractivity contribution in [3.05, 3.63) is 23.5 Å². The number of ether oxygens (including phenoxy) is 1. The lowest BCUT2D eigenvalue weighted by Crippen LogP contribution is -2.26. The van der Waals surface area contributed by atoms with Crippen molar-refractivity contribution in [3.8, 4) is 0 Å². The fourth-order valence-corrected chi connectivity index (χ4v) is 1.53. The molecule has 6 nitrogen and oxygen atoms in total. The maximum Gasteiger partial charge on any atom is 0.255 e. The van der Waals surface area contributed by atoms with Crippen LogP contribution < -0.4 is 16.6 Å². The highest BCUT2D eigenvalue weighted by Gasteiger charge is 2.10. The number of hydrazine groups is 1. The number of unbranched alkanes of at least 4 members (excludes halogenated alkanes) is 1. The number of anilines is 1. The van der Waals surface area contributed by atoms with Crippen LogP contribution >= 0.6 is 0 Å². The summed E-state index contributed by atoms with van der Waals surface area (Å²) in [5.41, 5.74) is 4.35. The summed E-state index contributed by atoms with van der Waals surface area (Å²) < 4.78 is 4.93. The quantitative estimate of drug-likeness (QED) is 0.380. The molecule has 18 heavy (non-hydrogen) atoms. The highest BCUT2D eigenvalue weighted by molar-refractivity contribution is 5.99. The molecule has 1 rings (SSSR count). The molecule has 1 aromatic heterocycles. The van der Waals surface area contributed by atoms with Gasteiger partial charge in [-0.25, -0.2) is 0 Å². The van der Waals surface area contributed by atoms with Crippen LogP contribution in [0.1, 0.15) is 28.9 Å². The number of nitrogens with two attached hydrogens (primary N) is 1. The summed E-state index contributed by atoms with van der Waals surface area (Å²) in [5.74, 6) is 5.20. The van der Waals surface area contributed by atoms with Crippen molar-refractivity contribution in [2.75, 3.05) is 25.7 Å². The summed E-state index contributed by atoms with van der Waals surface area (Å²) in [6.07, 6.45) is 3.32. The summed E-state index contributed by atoms with van der Waals surface area (Å²) in [6.45, 7) is 3.16. The van der Waals surface area contributed by atoms with Crippen LogP contribution in [0.4, 0.5) is 5.69 Å². The lowest BCUT2D eigenvalue weighted by atomic mass is 10.2. The van der Waals surface area contributed by atoms with E-state index in [0.717, 1.165) is 18.5 Å². The molecule has 0 aromatic carbocycles. The van der Waals surface area contributed by atoms with Crippen molar-refractivity contribution >= 4 is 11.6 Å². The van der Waals surface area contributed by atoms with Gasteiger partial charge in [-0.1, -0.05) is 0 Å². The van der Waals surface area contributed by atoms with E-state index < -0.39 is 0 Å². The third kappa shape index (κ3) is 4.31. The number of carbonyl (C=O) groups excluding carboxylic acids is 1. The Balaban J connectivity index is 2.51. The number of hydrogen-bond acceptors (Lipinski definition) is 5. The second-order valence-corrected chi connectivity index (χ2v) is 3.97. The zero-order chi connectivity index (χ0) is 13.4. The maximum absolute atomic E-state index is 11.9. The molecule has 1 heterocycles. The minimum atomic E-state index is -0.173. The lowest BCUT2D eigenvalue weighted by Gasteiger charge is -2.09. The van der Waals surface area contributed by atoms with Gasteiger partial charge in [-0.15, -0.1) is 0 Å². The van der Waals surface area contributed by atoms with E-state index in [1.54, 1.807) is 13.2 Å². The third-order valence-electron chi connectivity index (χ3n) is 2.50. The van der Waals surface area contributed by atoms with Crippen LogP contribution in [0.15, 0.2) is 12.3 Å². The number of aromatic nitrogens is 1. The van der Waals surface area contributed by atoms with Crippen molar-refractivity contribution in [2.24, 2.45) is 5.84 Å². The van der Waals surface area contributed by atoms with E-state index in [1.165, 1.54) is 6.20 Å². The smallest absolute Gasteiger partial charge is 0.255 e. The largest absolute Gasteiger partial charge is 0.385 e. The lowest BCUT2D eigenvalue weighted by molar-refractivity contribution is 0.0952. The Kier molecular flexibility index (Phi) is 6.10. The van der Waals surface area contributed by atoms with E-state index in [9.17, 15) is 4.79 Å². The van der Waals surface area contributed by atoms with Gasteiger partial charge in [0, 0.05) is 32.2 Å². The zero-order valence-electron chi connectivity index (χ0n) is 10.8. The van der Waals surface area contributed by atoms with Crippen LogP contribution in [0.25, 0.3) is 0 Å². The van der Waals surface area contributed by atoms with Crippen LogP contribution in [0.2, 0.25) is 0 Å². The summed E-state index contributed by atoms with van der Waals surface area (Å²) in [4.78, 5) is 16.0. The number of carbonyl (C=O) groups is 1. The minimum absolute atomic E-state index is 0.173. The number of amides is 1. The standard InChI is InChI=1S/C12H20N4O2/c1-9-7-11(16-13)10(8-15-9)12(17)14-5-3-4-6-18-2/h7-8H,3-6,13H2,1-2H3,(H,14,17)(H,15,16). The number of rotatable bonds is 7. The maximum atomic E-state index is 11.9. The van der Waals surface area contributed by atoms with E-state index in [2.05, 4.69) is 15.7 Å². The van der Waals surface area contributed by atoms with E-state index in [0.29, 0.717) is 24.4 Å². The molecule has 1 amide bonds. The van der Waals surface area contributed by atoms with Crippen molar-refractivity contribution in [2.45, 2.75) is 19.8 Å². The summed E-state index contributed by atoms with van der Waals surface area (Å²) in [6, 6.07) is 1.74. The molecule has 6 heteroatoms. The summed E-state index contributed by atoms with van der Waals surface area (Å²) >= 11 is 0. The predicted octanol–water partition coefficient (Wildman–Crippen LogP) is 0.832. The van der Waals surface area contributed by atoms with Crippen LogP contribution in [-0.2, 0) is 4.74 Å². The predicted molar refractivity (Wildman–Crippen MR) is 70.2 cm³/mol. The molecular weight excluding hydrogens is 232 g/mol. The minimum Gasteiger partial charge on any atom is -0.385 e. The first-order chi connectivity index (χ1) is 8.69. The first kappa shape index (κ1) is 14.4. The van der Waals surface area contributed by atoms with E-state index in [4.69, 9.17) is 10.6 Å². The van der Waals surface area contributed by atoms with Gasteiger partial charge in [0.1, 0.15) is 0 Å². The highest BCUT2D eigenvalue weighted by atomic mass is 16.5. The Bertz CT molecular complexity index is 396. The SMILES string of the molecule is COCCCCNC(=O)c1cnc(C)cc1NN. The number of pyridine rings is 1. The number of nitrogens with one attached hydrogen (secondary N) is 2. The number of nitrogens with zero attached hydrogens (tertiary/aromatic N) is 1. The average Bonchev–Trinajstić information content (AvgIpc) is 2.38. The Morgan fingerprint density at radius 3 is 2.94 bits per heavy atom. The molecule has 0 spiro atoms. The van der Waals surface area contributed by atoms with Gasteiger partial charge >= 0.3 is 0 Å². The first-order valence-electron chi connectivity index (χ1n) is 5.89. The molecule has 1 aromatic rings. The van der Waals surface area contributed by atoms with Gasteiger partial charge < -0.3 is 15.5 Å². The van der Waals surface area contributed by atoms with Gasteiger partial charge in [0.25, 0.3) is 5.91 Å². The van der Waals surface area contributed by atoms with E-state index in [-0.39, 0.29) is 5.91 Å². The zero-order valence-corrected chi connectivity index (χ0v) is 10.8. The van der Waals surface area contributed by atoms with Crippen LogP contribution in [0, 0.1) is 6.92 Å². The Morgan fingerprint density at radius 2 is 2.28 bits per heavy atom. The monoisotopic (exact) mass is 252 g/mol. The highest BCUT2D eigenvalue weighted by Crippen LogP contribution is 2.13. The molecule has 0 bridgehead atoms. The number of nitrogen functional groups attached to an aromatic ring is 1. The molecule has 0 radical (unpaired) electrons. The van der Waals surface area contributed by atoms with Gasteiger partial charge in [0.2, 0.25) is 0 Å². The van der Waals surface area contributed by atoms with Crippen molar-refractivity contribution in [3.63, 3.8) is 0 Å². The van der Waals surface area contributed by atoms with Crippen LogP contribution in [0.5, 0.6) is 0 Å². The molecule has 0 fully saturated rings. The number of aryl methyl sites for hydroxylation is 1. The summed E-state index contributed by atoms with van der Waals surface area (Å²) in [5, 5.41) is 2.82. The molecule has 0 aliphatic heterocycles. The van der Waals surface area contributed by atoms with Gasteiger partial charge in [-0.05, 0) is 25.8 Å². The van der Waals surface area contributed by atoms with Gasteiger partial charge in [0.05, 0.1) is 11.3 Å². The Morgan fingerprint density at radius 1 is 1.50 bits per heavy atom. The molecule has 0 saturated carbocycles. The molecule has 0 atom stereocenters. The number of methoxy groups -OCH3 is 1.